The number of carbonyl (C=O) groups is 3. The lowest BCUT2D eigenvalue weighted by Crippen LogP contribution is -2.77. The van der Waals surface area contributed by atoms with E-state index in [9.17, 15) is 24.6 Å². The van der Waals surface area contributed by atoms with Gasteiger partial charge < -0.3 is 30.9 Å². The average molecular weight is 409 g/mol. The fraction of sp³-hybridized carbons (Fsp3) is 0.500. The number of amides is 2. The molecule has 0 aromatic heterocycles. The second-order valence-electron chi connectivity index (χ2n) is 7.38. The zero-order valence-electron chi connectivity index (χ0n) is 15.7. The second-order valence-corrected chi connectivity index (χ2v) is 9.12. The van der Waals surface area contributed by atoms with Crippen LogP contribution in [-0.4, -0.2) is 68.3 Å². The Morgan fingerprint density at radius 2 is 1.96 bits per heavy atom. The minimum absolute atomic E-state index is 0.0499. The van der Waals surface area contributed by atoms with E-state index < -0.39 is 45.5 Å². The number of carboxylic acid groups (broad SMARTS) is 1. The van der Waals surface area contributed by atoms with E-state index >= 15 is 0 Å². The van der Waals surface area contributed by atoms with Gasteiger partial charge in [-0.3, -0.25) is 9.59 Å². The van der Waals surface area contributed by atoms with Crippen molar-refractivity contribution < 1.29 is 29.3 Å². The summed E-state index contributed by atoms with van der Waals surface area (Å²) in [5.74, 6) is -2.13. The first-order valence-electron chi connectivity index (χ1n) is 8.65. The number of aromatic hydroxyl groups is 1. The van der Waals surface area contributed by atoms with Gasteiger partial charge in [0.25, 0.3) is 0 Å². The van der Waals surface area contributed by atoms with E-state index in [0.29, 0.717) is 5.56 Å². The summed E-state index contributed by atoms with van der Waals surface area (Å²) in [7, 11) is 1.39. The van der Waals surface area contributed by atoms with Gasteiger partial charge in [-0.2, -0.15) is 0 Å². The number of ether oxygens (including phenoxy) is 1. The highest BCUT2D eigenvalue weighted by molar-refractivity contribution is 8.01. The van der Waals surface area contributed by atoms with Crippen LogP contribution in [0, 0.1) is 0 Å². The van der Waals surface area contributed by atoms with Gasteiger partial charge in [-0.05, 0) is 31.5 Å². The molecule has 1 unspecified atom stereocenters. The number of carboxylic acids is 1. The first kappa shape index (κ1) is 20.4. The van der Waals surface area contributed by atoms with E-state index in [-0.39, 0.29) is 12.4 Å². The predicted molar refractivity (Wildman–Crippen MR) is 102 cm³/mol. The molecule has 2 heterocycles. The first-order chi connectivity index (χ1) is 13.1. The highest BCUT2D eigenvalue weighted by Gasteiger charge is 2.73. The van der Waals surface area contributed by atoms with Gasteiger partial charge in [0.05, 0.1) is 6.61 Å². The molecule has 1 aromatic rings. The Labute approximate surface area is 166 Å². The van der Waals surface area contributed by atoms with Crippen LogP contribution in [-0.2, 0) is 19.1 Å². The van der Waals surface area contributed by atoms with Crippen molar-refractivity contribution in [1.82, 2.24) is 10.2 Å². The molecule has 2 fully saturated rings. The molecule has 1 aromatic carbocycles. The first-order valence-corrected chi connectivity index (χ1v) is 9.53. The number of carbonyl (C=O) groups excluding carboxylic acids is 2. The van der Waals surface area contributed by atoms with E-state index in [1.54, 1.807) is 13.8 Å². The summed E-state index contributed by atoms with van der Waals surface area (Å²) in [6, 6.07) is 3.99. The maximum Gasteiger partial charge on any atom is 0.333 e. The molecule has 28 heavy (non-hydrogen) atoms. The molecule has 5 N–H and O–H groups in total. The van der Waals surface area contributed by atoms with Gasteiger partial charge >= 0.3 is 5.97 Å². The molecular formula is C18H23N3O6S. The lowest BCUT2D eigenvalue weighted by Gasteiger charge is -2.49. The lowest BCUT2D eigenvalue weighted by molar-refractivity contribution is -0.176. The van der Waals surface area contributed by atoms with Crippen molar-refractivity contribution in [3.05, 3.63) is 29.8 Å². The van der Waals surface area contributed by atoms with Crippen LogP contribution in [0.1, 0.15) is 25.5 Å². The number of methoxy groups -OCH3 is 1. The van der Waals surface area contributed by atoms with Gasteiger partial charge in [-0.1, -0.05) is 12.1 Å². The van der Waals surface area contributed by atoms with Crippen LogP contribution in [0.25, 0.3) is 0 Å². The van der Waals surface area contributed by atoms with Crippen molar-refractivity contribution in [3.63, 3.8) is 0 Å². The summed E-state index contributed by atoms with van der Waals surface area (Å²) >= 11 is 1.31. The van der Waals surface area contributed by atoms with E-state index in [1.165, 1.54) is 48.0 Å². The summed E-state index contributed by atoms with van der Waals surface area (Å²) in [6.45, 7) is 3.34. The molecule has 2 amide bonds. The summed E-state index contributed by atoms with van der Waals surface area (Å²) in [4.78, 5) is 38.7. The van der Waals surface area contributed by atoms with Crippen molar-refractivity contribution in [2.24, 2.45) is 5.73 Å². The molecular weight excluding hydrogens is 386 g/mol. The summed E-state index contributed by atoms with van der Waals surface area (Å²) in [5.41, 5.74) is 4.93. The molecule has 10 heteroatoms. The molecule has 0 spiro atoms. The number of phenols is 1. The SMILES string of the molecule is COC[C@@]1(C(=O)O)N2C(=O)[C@@H](NC(=O)C(N)c3ccc(O)cc3)[C@H]2SC1(C)C. The highest BCUT2D eigenvalue weighted by Crippen LogP contribution is 2.56. The van der Waals surface area contributed by atoms with Crippen molar-refractivity contribution in [3.8, 4) is 5.75 Å². The second kappa shape index (κ2) is 6.94. The average Bonchev–Trinajstić information content (AvgIpc) is 2.85. The zero-order valence-corrected chi connectivity index (χ0v) is 16.5. The van der Waals surface area contributed by atoms with E-state index in [2.05, 4.69) is 5.32 Å². The van der Waals surface area contributed by atoms with Crippen LogP contribution >= 0.6 is 11.8 Å². The van der Waals surface area contributed by atoms with Crippen LogP contribution in [0.2, 0.25) is 0 Å². The molecule has 2 aliphatic heterocycles. The van der Waals surface area contributed by atoms with Crippen LogP contribution in [0.15, 0.2) is 24.3 Å². The van der Waals surface area contributed by atoms with E-state index in [1.807, 2.05) is 0 Å². The third-order valence-corrected chi connectivity index (χ3v) is 7.06. The molecule has 4 atom stereocenters. The Balaban J connectivity index is 1.78. The van der Waals surface area contributed by atoms with Crippen molar-refractivity contribution in [1.29, 1.82) is 0 Å². The molecule has 0 radical (unpaired) electrons. The monoisotopic (exact) mass is 409 g/mol. The third-order valence-electron chi connectivity index (χ3n) is 5.41. The van der Waals surface area contributed by atoms with E-state index in [4.69, 9.17) is 10.5 Å². The molecule has 152 valence electrons. The fourth-order valence-corrected chi connectivity index (χ4v) is 5.52. The van der Waals surface area contributed by atoms with Crippen LogP contribution in [0.4, 0.5) is 0 Å². The normalized spacial score (nSPS) is 29.0. The Hall–Kier alpha value is -2.30. The van der Waals surface area contributed by atoms with Crippen LogP contribution < -0.4 is 11.1 Å². The standard InChI is InChI=1S/C18H23N3O6S/c1-17(2)18(8-27-3,16(25)26)21-14(24)12(15(21)28-17)20-13(23)11(19)9-4-6-10(22)7-5-9/h4-7,11-12,15,22H,8,19H2,1-3H3,(H,20,23)(H,25,26)/t11?,12-,15-,18+/m1/s1. The lowest BCUT2D eigenvalue weighted by atomic mass is 9.81. The maximum atomic E-state index is 12.8. The number of aliphatic carboxylic acids is 1. The van der Waals surface area contributed by atoms with Gasteiger partial charge in [0, 0.05) is 11.9 Å². The van der Waals surface area contributed by atoms with Gasteiger partial charge in [-0.25, -0.2) is 4.79 Å². The summed E-state index contributed by atoms with van der Waals surface area (Å²) in [6.07, 6.45) is 0. The van der Waals surface area contributed by atoms with Gasteiger partial charge in [0.2, 0.25) is 11.8 Å². The Morgan fingerprint density at radius 3 is 2.50 bits per heavy atom. The van der Waals surface area contributed by atoms with Crippen molar-refractivity contribution >= 4 is 29.5 Å². The Kier molecular flexibility index (Phi) is 5.07. The van der Waals surface area contributed by atoms with Gasteiger partial charge in [0.1, 0.15) is 23.2 Å². The third kappa shape index (κ3) is 2.83. The number of thioether (sulfide) groups is 1. The largest absolute Gasteiger partial charge is 0.508 e. The van der Waals surface area contributed by atoms with E-state index in [0.717, 1.165) is 0 Å². The molecule has 0 saturated carbocycles. The molecule has 2 aliphatic rings. The minimum atomic E-state index is -1.52. The maximum absolute atomic E-state index is 12.8. The molecule has 0 aliphatic carbocycles. The predicted octanol–water partition coefficient (Wildman–Crippen LogP) is 0.0403. The Bertz CT molecular complexity index is 814. The molecule has 0 bridgehead atoms. The zero-order chi connectivity index (χ0) is 20.9. The molecule has 3 rings (SSSR count). The number of hydrogen-bond acceptors (Lipinski definition) is 7. The number of fused-ring (bicyclic) bond motifs is 1. The fourth-order valence-electron chi connectivity index (χ4n) is 3.76. The summed E-state index contributed by atoms with van der Waals surface area (Å²) < 4.78 is 4.31. The number of nitrogens with two attached hydrogens (primary N) is 1. The summed E-state index contributed by atoms with van der Waals surface area (Å²) in [5, 5.41) is 21.3. The van der Waals surface area contributed by atoms with Crippen LogP contribution in [0.3, 0.4) is 0 Å². The number of nitrogens with one attached hydrogen (secondary N) is 1. The topological polar surface area (TPSA) is 142 Å². The van der Waals surface area contributed by atoms with Crippen LogP contribution in [0.5, 0.6) is 5.75 Å². The Morgan fingerprint density at radius 1 is 1.36 bits per heavy atom. The quantitative estimate of drug-likeness (QED) is 0.483. The van der Waals surface area contributed by atoms with Gasteiger partial charge in [-0.15, -0.1) is 11.8 Å². The number of hydrogen-bond donors (Lipinski definition) is 4. The molecule has 2 saturated heterocycles. The highest BCUT2D eigenvalue weighted by atomic mass is 32.2. The number of phenolic OH excluding ortho intramolecular Hbond substituents is 1. The minimum Gasteiger partial charge on any atom is -0.508 e. The number of benzene rings is 1. The molecule has 9 nitrogen and oxygen atoms in total. The van der Waals surface area contributed by atoms with Crippen molar-refractivity contribution in [2.75, 3.05) is 13.7 Å². The number of nitrogens with zero attached hydrogens (tertiary/aromatic N) is 1. The number of β-lactam (4-membered cyclic amide) rings is 1. The smallest absolute Gasteiger partial charge is 0.333 e. The number of rotatable bonds is 6. The van der Waals surface area contributed by atoms with Crippen molar-refractivity contribution in [2.45, 2.75) is 41.6 Å². The van der Waals surface area contributed by atoms with Gasteiger partial charge in [0.15, 0.2) is 5.54 Å².